The Bertz CT molecular complexity index is 811. The van der Waals surface area contributed by atoms with Crippen LogP contribution in [0.2, 0.25) is 0 Å². The van der Waals surface area contributed by atoms with E-state index in [1.807, 2.05) is 12.1 Å². The Morgan fingerprint density at radius 3 is 2.79 bits per heavy atom. The average Bonchev–Trinajstić information content (AvgIpc) is 2.77. The Morgan fingerprint density at radius 2 is 2.00 bits per heavy atom. The first-order valence-corrected chi connectivity index (χ1v) is 8.06. The van der Waals surface area contributed by atoms with E-state index >= 15 is 0 Å². The molecule has 1 aromatic rings. The number of carboxylic acids is 1. The summed E-state index contributed by atoms with van der Waals surface area (Å²) in [5, 5.41) is 8.93. The molecule has 3 N–H and O–H groups in total. The van der Waals surface area contributed by atoms with Crippen molar-refractivity contribution in [3.8, 4) is 0 Å². The van der Waals surface area contributed by atoms with Gasteiger partial charge >= 0.3 is 5.97 Å². The van der Waals surface area contributed by atoms with Crippen molar-refractivity contribution in [2.24, 2.45) is 10.7 Å². The van der Waals surface area contributed by atoms with Gasteiger partial charge in [0.15, 0.2) is 0 Å². The van der Waals surface area contributed by atoms with Crippen molar-refractivity contribution in [2.75, 3.05) is 0 Å². The fourth-order valence-electron chi connectivity index (χ4n) is 3.00. The van der Waals surface area contributed by atoms with E-state index in [1.54, 1.807) is 6.08 Å². The zero-order chi connectivity index (χ0) is 16.9. The number of hydrogen-bond acceptors (Lipinski definition) is 3. The first-order valence-electron chi connectivity index (χ1n) is 8.06. The highest BCUT2D eigenvalue weighted by atomic mass is 16.4. The molecular weight excluding hydrogens is 300 g/mol. The number of allylic oxidation sites excluding steroid dienone is 5. The minimum atomic E-state index is -1.02. The van der Waals surface area contributed by atoms with E-state index < -0.39 is 5.97 Å². The van der Waals surface area contributed by atoms with E-state index in [0.717, 1.165) is 37.6 Å². The number of nitrogens with zero attached hydrogens (tertiary/aromatic N) is 1. The highest BCUT2D eigenvalue weighted by Crippen LogP contribution is 2.32. The summed E-state index contributed by atoms with van der Waals surface area (Å²) < 4.78 is 0. The first kappa shape index (κ1) is 16.0. The molecular formula is C20H20N2O2. The summed E-state index contributed by atoms with van der Waals surface area (Å²) in [6.45, 7) is 0. The summed E-state index contributed by atoms with van der Waals surface area (Å²) in [6.07, 6.45) is 12.3. The lowest BCUT2D eigenvalue weighted by Crippen LogP contribution is -2.08. The predicted octanol–water partition coefficient (Wildman–Crippen LogP) is 3.84. The maximum atomic E-state index is 10.9. The lowest BCUT2D eigenvalue weighted by Gasteiger charge is -2.16. The molecule has 4 heteroatoms. The number of para-hydroxylation sites is 1. The van der Waals surface area contributed by atoms with E-state index in [4.69, 9.17) is 15.8 Å². The Balaban J connectivity index is 1.81. The van der Waals surface area contributed by atoms with Crippen molar-refractivity contribution < 1.29 is 9.90 Å². The van der Waals surface area contributed by atoms with Gasteiger partial charge in [0, 0.05) is 11.9 Å². The molecule has 1 aromatic carbocycles. The van der Waals surface area contributed by atoms with Gasteiger partial charge in [-0.15, -0.1) is 0 Å². The third kappa shape index (κ3) is 3.54. The normalized spacial score (nSPS) is 19.3. The third-order valence-corrected chi connectivity index (χ3v) is 4.30. The molecule has 0 radical (unpaired) electrons. The van der Waals surface area contributed by atoms with Gasteiger partial charge in [0.1, 0.15) is 0 Å². The Hall–Kier alpha value is -2.88. The number of carboxylic acid groups (broad SMARTS) is 1. The van der Waals surface area contributed by atoms with Crippen LogP contribution >= 0.6 is 0 Å². The van der Waals surface area contributed by atoms with E-state index in [2.05, 4.69) is 24.3 Å². The lowest BCUT2D eigenvalue weighted by atomic mass is 9.90. The second-order valence-corrected chi connectivity index (χ2v) is 5.88. The third-order valence-electron chi connectivity index (χ3n) is 4.30. The molecule has 0 unspecified atom stereocenters. The minimum absolute atomic E-state index is 0.0856. The molecule has 4 nitrogen and oxygen atoms in total. The van der Waals surface area contributed by atoms with E-state index in [-0.39, 0.29) is 5.57 Å². The van der Waals surface area contributed by atoms with Crippen LogP contribution in [0.3, 0.4) is 0 Å². The van der Waals surface area contributed by atoms with E-state index in [0.29, 0.717) is 0 Å². The largest absolute Gasteiger partial charge is 0.478 e. The Labute approximate surface area is 141 Å². The minimum Gasteiger partial charge on any atom is -0.478 e. The summed E-state index contributed by atoms with van der Waals surface area (Å²) in [6, 6.07) is 8.31. The molecule has 1 aliphatic carbocycles. The van der Waals surface area contributed by atoms with Crippen LogP contribution in [0.4, 0.5) is 5.69 Å². The van der Waals surface area contributed by atoms with Gasteiger partial charge in [-0.1, -0.05) is 36.4 Å². The van der Waals surface area contributed by atoms with Gasteiger partial charge in [-0.05, 0) is 54.5 Å². The number of rotatable bonds is 3. The number of carbonyl (C=O) groups is 1. The van der Waals surface area contributed by atoms with Crippen LogP contribution < -0.4 is 5.73 Å². The molecule has 2 aliphatic rings. The van der Waals surface area contributed by atoms with Crippen LogP contribution in [0, 0.1) is 0 Å². The Morgan fingerprint density at radius 1 is 1.17 bits per heavy atom. The van der Waals surface area contributed by atoms with Gasteiger partial charge in [0.2, 0.25) is 0 Å². The number of nitrogens with two attached hydrogens (primary N) is 1. The summed E-state index contributed by atoms with van der Waals surface area (Å²) >= 11 is 0. The lowest BCUT2D eigenvalue weighted by molar-refractivity contribution is -0.132. The summed E-state index contributed by atoms with van der Waals surface area (Å²) in [7, 11) is 0. The van der Waals surface area contributed by atoms with Crippen molar-refractivity contribution in [3.05, 3.63) is 77.1 Å². The van der Waals surface area contributed by atoms with Gasteiger partial charge in [0.25, 0.3) is 0 Å². The second-order valence-electron chi connectivity index (χ2n) is 5.88. The van der Waals surface area contributed by atoms with Gasteiger partial charge in [0.05, 0.1) is 11.3 Å². The molecule has 0 bridgehead atoms. The van der Waals surface area contributed by atoms with Crippen LogP contribution in [0.25, 0.3) is 0 Å². The van der Waals surface area contributed by atoms with E-state index in [1.165, 1.54) is 28.5 Å². The molecule has 0 aromatic heterocycles. The zero-order valence-corrected chi connectivity index (χ0v) is 13.4. The Kier molecular flexibility index (Phi) is 4.75. The second kappa shape index (κ2) is 7.13. The summed E-state index contributed by atoms with van der Waals surface area (Å²) in [4.78, 5) is 15.7. The van der Waals surface area contributed by atoms with Crippen LogP contribution in [-0.2, 0) is 11.2 Å². The molecule has 0 amide bonds. The fraction of sp³-hybridized carbons (Fsp3) is 0.200. The molecule has 0 saturated heterocycles. The number of aliphatic carboxylic acids is 1. The predicted molar refractivity (Wildman–Crippen MR) is 96.3 cm³/mol. The molecule has 0 saturated carbocycles. The molecule has 122 valence electrons. The fourth-order valence-corrected chi connectivity index (χ4v) is 3.00. The highest BCUT2D eigenvalue weighted by Gasteiger charge is 2.18. The number of hydrogen-bond donors (Lipinski definition) is 2. The van der Waals surface area contributed by atoms with Crippen molar-refractivity contribution in [3.63, 3.8) is 0 Å². The number of aryl methyl sites for hydroxylation is 1. The smallest absolute Gasteiger partial charge is 0.337 e. The molecule has 24 heavy (non-hydrogen) atoms. The van der Waals surface area contributed by atoms with Crippen molar-refractivity contribution in [2.45, 2.75) is 25.7 Å². The zero-order valence-electron chi connectivity index (χ0n) is 13.4. The quantitative estimate of drug-likeness (QED) is 0.656. The van der Waals surface area contributed by atoms with E-state index in [9.17, 15) is 4.79 Å². The number of fused-ring (bicyclic) bond motifs is 2. The molecule has 1 heterocycles. The molecule has 1 aliphatic heterocycles. The van der Waals surface area contributed by atoms with Crippen molar-refractivity contribution in [1.82, 2.24) is 0 Å². The maximum Gasteiger partial charge on any atom is 0.337 e. The van der Waals surface area contributed by atoms with Crippen LogP contribution in [0.5, 0.6) is 0 Å². The van der Waals surface area contributed by atoms with Crippen LogP contribution in [-0.4, -0.2) is 16.8 Å². The SMILES string of the molecule is NC=C(C=CC=C1C=C2CCc3ccccc3N=C2CC1)C(=O)O. The van der Waals surface area contributed by atoms with Gasteiger partial charge in [-0.2, -0.15) is 0 Å². The standard InChI is InChI=1S/C20H20N2O2/c21-13-17(20(23)24)6-3-4-14-8-11-19-16(12-14)10-9-15-5-1-2-7-18(15)22-19/h1-7,12-13H,8-11,21H2,(H,23,24). The van der Waals surface area contributed by atoms with Gasteiger partial charge < -0.3 is 10.8 Å². The van der Waals surface area contributed by atoms with Crippen molar-refractivity contribution in [1.29, 1.82) is 0 Å². The number of benzene rings is 1. The molecule has 0 spiro atoms. The number of aliphatic imine (C=N–C) groups is 1. The molecule has 0 atom stereocenters. The topological polar surface area (TPSA) is 75.7 Å². The van der Waals surface area contributed by atoms with Crippen LogP contribution in [0.15, 0.2) is 76.5 Å². The maximum absolute atomic E-state index is 10.9. The average molecular weight is 320 g/mol. The monoisotopic (exact) mass is 320 g/mol. The highest BCUT2D eigenvalue weighted by molar-refractivity contribution is 6.03. The summed E-state index contributed by atoms with van der Waals surface area (Å²) in [5.41, 5.74) is 11.4. The first-order chi connectivity index (χ1) is 11.7. The summed E-state index contributed by atoms with van der Waals surface area (Å²) in [5.74, 6) is -1.02. The van der Waals surface area contributed by atoms with Gasteiger partial charge in [-0.3, -0.25) is 4.99 Å². The molecule has 0 fully saturated rings. The van der Waals surface area contributed by atoms with Gasteiger partial charge in [-0.25, -0.2) is 4.79 Å². The van der Waals surface area contributed by atoms with Crippen LogP contribution in [0.1, 0.15) is 24.8 Å². The molecule has 3 rings (SSSR count). The van der Waals surface area contributed by atoms with Crippen molar-refractivity contribution >= 4 is 17.4 Å².